The number of aliphatic hydroxyl groups is 1. The minimum absolute atomic E-state index is 0.287. The molecule has 6 nitrogen and oxygen atoms in total. The Kier molecular flexibility index (Phi) is 4.57. The van der Waals surface area contributed by atoms with Crippen molar-refractivity contribution < 1.29 is 9.50 Å². The molecule has 0 radical (unpaired) electrons. The van der Waals surface area contributed by atoms with Crippen molar-refractivity contribution in [2.24, 2.45) is 0 Å². The molecule has 1 aliphatic heterocycles. The van der Waals surface area contributed by atoms with Crippen LogP contribution >= 0.6 is 0 Å². The molecule has 0 spiro atoms. The fourth-order valence-electron chi connectivity index (χ4n) is 3.35. The van der Waals surface area contributed by atoms with Crippen LogP contribution in [0, 0.1) is 0 Å². The third kappa shape index (κ3) is 3.65. The number of nitrogens with one attached hydrogen (secondary N) is 2. The average molecular weight is 369 g/mol. The van der Waals surface area contributed by atoms with Crippen molar-refractivity contribution in [1.82, 2.24) is 19.7 Å². The summed E-state index contributed by atoms with van der Waals surface area (Å²) >= 11 is 0. The minimum Gasteiger partial charge on any atom is -0.386 e. The van der Waals surface area contributed by atoms with E-state index in [0.717, 1.165) is 22.6 Å². The summed E-state index contributed by atoms with van der Waals surface area (Å²) in [6.45, 7) is 4.79. The lowest BCUT2D eigenvalue weighted by Gasteiger charge is -2.28. The summed E-state index contributed by atoms with van der Waals surface area (Å²) in [6, 6.07) is 9.10. The molecule has 0 aliphatic carbocycles. The molecule has 3 N–H and O–H groups in total. The summed E-state index contributed by atoms with van der Waals surface area (Å²) in [4.78, 5) is 9.08. The van der Waals surface area contributed by atoms with Gasteiger partial charge in [-0.2, -0.15) is 0 Å². The van der Waals surface area contributed by atoms with E-state index < -0.39 is 11.8 Å². The first kappa shape index (κ1) is 17.9. The molecule has 4 heterocycles. The molecule has 1 fully saturated rings. The highest BCUT2D eigenvalue weighted by atomic mass is 19.1. The van der Waals surface area contributed by atoms with Gasteiger partial charge < -0.3 is 15.7 Å². The number of piperidine rings is 1. The van der Waals surface area contributed by atoms with Gasteiger partial charge in [-0.3, -0.25) is 4.40 Å². The van der Waals surface area contributed by atoms with E-state index in [4.69, 9.17) is 0 Å². The van der Waals surface area contributed by atoms with Gasteiger partial charge in [0.15, 0.2) is 0 Å². The van der Waals surface area contributed by atoms with Gasteiger partial charge in [0.25, 0.3) is 0 Å². The van der Waals surface area contributed by atoms with Crippen LogP contribution in [-0.4, -0.2) is 44.8 Å². The molecule has 0 amide bonds. The summed E-state index contributed by atoms with van der Waals surface area (Å²) in [5, 5.41) is 16.7. The van der Waals surface area contributed by atoms with E-state index in [9.17, 15) is 9.50 Å². The molecule has 1 saturated heterocycles. The Balaban J connectivity index is 1.67. The predicted octanol–water partition coefficient (Wildman–Crippen LogP) is 2.74. The van der Waals surface area contributed by atoms with Crippen LogP contribution in [-0.2, 0) is 5.60 Å². The van der Waals surface area contributed by atoms with Crippen LogP contribution in [0.25, 0.3) is 17.0 Å². The summed E-state index contributed by atoms with van der Waals surface area (Å²) in [6.07, 6.45) is 3.25. The Labute approximate surface area is 157 Å². The normalized spacial score (nSPS) is 20.7. The first-order chi connectivity index (χ1) is 12.9. The molecular formula is C20H24FN5O. The zero-order valence-electron chi connectivity index (χ0n) is 15.5. The van der Waals surface area contributed by atoms with Gasteiger partial charge in [0.1, 0.15) is 17.6 Å². The van der Waals surface area contributed by atoms with Gasteiger partial charge >= 0.3 is 0 Å². The summed E-state index contributed by atoms with van der Waals surface area (Å²) in [5.74, 6) is 0.637. The highest BCUT2D eigenvalue weighted by Gasteiger charge is 2.24. The summed E-state index contributed by atoms with van der Waals surface area (Å²) in [7, 11) is 0. The Morgan fingerprint density at radius 1 is 1.30 bits per heavy atom. The Bertz CT molecular complexity index is 949. The van der Waals surface area contributed by atoms with Crippen molar-refractivity contribution in [3.8, 4) is 11.4 Å². The lowest BCUT2D eigenvalue weighted by atomic mass is 10.0. The van der Waals surface area contributed by atoms with Gasteiger partial charge in [0.2, 0.25) is 0 Å². The van der Waals surface area contributed by atoms with E-state index in [1.807, 2.05) is 40.9 Å². The van der Waals surface area contributed by atoms with Gasteiger partial charge in [0.05, 0.1) is 29.2 Å². The highest BCUT2D eigenvalue weighted by molar-refractivity contribution is 5.62. The second kappa shape index (κ2) is 6.90. The number of rotatable bonds is 4. The fourth-order valence-corrected chi connectivity index (χ4v) is 3.35. The van der Waals surface area contributed by atoms with E-state index in [2.05, 4.69) is 20.6 Å². The molecule has 1 aliphatic rings. The fraction of sp³-hybridized carbons (Fsp3) is 0.400. The Hall–Kier alpha value is -2.51. The number of imidazole rings is 1. The van der Waals surface area contributed by atoms with Crippen LogP contribution in [0.2, 0.25) is 0 Å². The third-order valence-electron chi connectivity index (χ3n) is 4.95. The number of halogens is 1. The molecule has 2 atom stereocenters. The number of anilines is 1. The van der Waals surface area contributed by atoms with Crippen molar-refractivity contribution in [1.29, 1.82) is 0 Å². The van der Waals surface area contributed by atoms with Crippen LogP contribution < -0.4 is 10.6 Å². The number of fused-ring (bicyclic) bond motifs is 1. The van der Waals surface area contributed by atoms with Crippen LogP contribution in [0.1, 0.15) is 25.8 Å². The van der Waals surface area contributed by atoms with E-state index >= 15 is 0 Å². The van der Waals surface area contributed by atoms with Crippen molar-refractivity contribution in [3.63, 3.8) is 0 Å². The number of nitrogens with zero attached hydrogens (tertiary/aromatic N) is 3. The van der Waals surface area contributed by atoms with Crippen LogP contribution in [0.3, 0.4) is 0 Å². The third-order valence-corrected chi connectivity index (χ3v) is 4.95. The van der Waals surface area contributed by atoms with Crippen molar-refractivity contribution in [3.05, 3.63) is 48.3 Å². The monoisotopic (exact) mass is 369 g/mol. The molecule has 0 bridgehead atoms. The van der Waals surface area contributed by atoms with Crippen LogP contribution in [0.5, 0.6) is 0 Å². The number of pyridine rings is 2. The average Bonchev–Trinajstić information content (AvgIpc) is 3.06. The molecule has 0 saturated carbocycles. The van der Waals surface area contributed by atoms with E-state index in [1.165, 1.54) is 0 Å². The topological polar surface area (TPSA) is 74.5 Å². The summed E-state index contributed by atoms with van der Waals surface area (Å²) < 4.78 is 16.0. The Morgan fingerprint density at radius 3 is 2.93 bits per heavy atom. The zero-order chi connectivity index (χ0) is 19.0. The van der Waals surface area contributed by atoms with E-state index in [1.54, 1.807) is 20.0 Å². The van der Waals surface area contributed by atoms with E-state index in [0.29, 0.717) is 25.3 Å². The molecular weight excluding hydrogens is 345 g/mol. The second-order valence-electron chi connectivity index (χ2n) is 7.52. The van der Waals surface area contributed by atoms with Crippen molar-refractivity contribution >= 4 is 11.5 Å². The molecule has 0 unspecified atom stereocenters. The first-order valence-corrected chi connectivity index (χ1v) is 9.20. The summed E-state index contributed by atoms with van der Waals surface area (Å²) in [5.41, 5.74) is 2.17. The first-order valence-electron chi connectivity index (χ1n) is 9.20. The molecule has 4 rings (SSSR count). The maximum Gasteiger partial charge on any atom is 0.137 e. The lowest BCUT2D eigenvalue weighted by molar-refractivity contribution is 0.0781. The largest absolute Gasteiger partial charge is 0.386 e. The molecule has 0 aromatic carbocycles. The smallest absolute Gasteiger partial charge is 0.137 e. The number of hydrogen-bond donors (Lipinski definition) is 3. The molecule has 3 aromatic rings. The van der Waals surface area contributed by atoms with Crippen LogP contribution in [0.4, 0.5) is 10.2 Å². The van der Waals surface area contributed by atoms with Gasteiger partial charge in [-0.15, -0.1) is 0 Å². The number of aromatic nitrogens is 3. The molecule has 7 heteroatoms. The van der Waals surface area contributed by atoms with Gasteiger partial charge in [-0.25, -0.2) is 14.4 Å². The lowest BCUT2D eigenvalue weighted by Crippen LogP contribution is -2.46. The van der Waals surface area contributed by atoms with Crippen molar-refractivity contribution in [2.45, 2.75) is 38.1 Å². The minimum atomic E-state index is -0.948. The number of hydrogen-bond acceptors (Lipinski definition) is 5. The number of alkyl halides is 1. The molecule has 142 valence electrons. The second-order valence-corrected chi connectivity index (χ2v) is 7.52. The Morgan fingerprint density at radius 2 is 2.15 bits per heavy atom. The predicted molar refractivity (Wildman–Crippen MR) is 103 cm³/mol. The van der Waals surface area contributed by atoms with Gasteiger partial charge in [0, 0.05) is 12.7 Å². The van der Waals surface area contributed by atoms with Gasteiger partial charge in [-0.05, 0) is 50.6 Å². The highest BCUT2D eigenvalue weighted by Crippen LogP contribution is 2.25. The van der Waals surface area contributed by atoms with Gasteiger partial charge in [-0.1, -0.05) is 12.1 Å². The van der Waals surface area contributed by atoms with E-state index in [-0.39, 0.29) is 6.04 Å². The molecule has 3 aromatic heterocycles. The molecule has 27 heavy (non-hydrogen) atoms. The standard InChI is InChI=1S/C20H24FN5O/c1-20(2,27)13-6-7-19-23-11-17(26(19)12-13)15-4-3-5-18(24-15)25-16-10-22-9-8-14(16)21/h3-7,11-12,14,16,22,27H,8-10H2,1-2H3,(H,24,25)/t14-,16-/m0/s1. The maximum absolute atomic E-state index is 14.1. The quantitative estimate of drug-likeness (QED) is 0.659. The zero-order valence-corrected chi connectivity index (χ0v) is 15.5. The maximum atomic E-state index is 14.1. The van der Waals surface area contributed by atoms with Crippen LogP contribution in [0.15, 0.2) is 42.7 Å². The SMILES string of the molecule is CC(C)(O)c1ccc2ncc(-c3cccc(N[C@H]4CNCC[C@@H]4F)n3)n2c1. The van der Waals surface area contributed by atoms with Crippen molar-refractivity contribution in [2.75, 3.05) is 18.4 Å².